The van der Waals surface area contributed by atoms with Crippen LogP contribution >= 0.6 is 34.8 Å². The molecule has 0 aliphatic heterocycles. The zero-order valence-corrected chi connectivity index (χ0v) is 21.9. The van der Waals surface area contributed by atoms with Crippen LogP contribution in [0.15, 0.2) is 42.5 Å². The van der Waals surface area contributed by atoms with Gasteiger partial charge in [-0.05, 0) is 30.0 Å². The molecule has 0 bridgehead atoms. The van der Waals surface area contributed by atoms with Crippen molar-refractivity contribution in [2.45, 2.75) is 33.4 Å². The molecule has 0 N–H and O–H groups in total. The number of hydrogen-bond acceptors (Lipinski definition) is 4. The van der Waals surface area contributed by atoms with E-state index in [9.17, 15) is 4.79 Å². The van der Waals surface area contributed by atoms with E-state index < -0.39 is 0 Å². The van der Waals surface area contributed by atoms with Crippen LogP contribution in [0.3, 0.4) is 0 Å². The lowest BCUT2D eigenvalue weighted by Crippen LogP contribution is -2.33. The Kier molecular flexibility index (Phi) is 9.11. The van der Waals surface area contributed by atoms with E-state index in [1.54, 1.807) is 17.0 Å². The van der Waals surface area contributed by atoms with Crippen LogP contribution in [0.4, 0.5) is 0 Å². The molecule has 0 aliphatic carbocycles. The number of aromatic nitrogens is 2. The second-order valence-corrected chi connectivity index (χ2v) is 9.35. The average molecular weight is 525 g/mol. The van der Waals surface area contributed by atoms with E-state index in [1.165, 1.54) is 14.2 Å². The maximum Gasteiger partial charge on any atom is 0.255 e. The van der Waals surface area contributed by atoms with Crippen molar-refractivity contribution in [3.63, 3.8) is 0 Å². The van der Waals surface area contributed by atoms with E-state index >= 15 is 0 Å². The van der Waals surface area contributed by atoms with Crippen molar-refractivity contribution >= 4 is 40.7 Å². The molecule has 1 aromatic heterocycles. The Labute approximate surface area is 215 Å². The number of amides is 1. The number of carbonyl (C=O) groups is 1. The summed E-state index contributed by atoms with van der Waals surface area (Å²) in [6, 6.07) is 13.2. The Morgan fingerprint density at radius 3 is 2.38 bits per heavy atom. The molecule has 182 valence electrons. The van der Waals surface area contributed by atoms with Gasteiger partial charge in [0, 0.05) is 6.54 Å². The van der Waals surface area contributed by atoms with E-state index in [0.29, 0.717) is 47.0 Å². The minimum Gasteiger partial charge on any atom is -0.493 e. The fourth-order valence-corrected chi connectivity index (χ4v) is 4.27. The molecule has 0 saturated carbocycles. The van der Waals surface area contributed by atoms with Gasteiger partial charge in [-0.25, -0.2) is 4.98 Å². The summed E-state index contributed by atoms with van der Waals surface area (Å²) in [5.74, 6) is 1.51. The Hall–Kier alpha value is -2.41. The number of methoxy groups -OCH3 is 2. The molecule has 0 unspecified atom stereocenters. The molecular weight excluding hydrogens is 497 g/mol. The van der Waals surface area contributed by atoms with Gasteiger partial charge >= 0.3 is 0 Å². The highest BCUT2D eigenvalue weighted by Crippen LogP contribution is 2.38. The number of imidazole rings is 1. The first-order valence-corrected chi connectivity index (χ1v) is 12.0. The molecule has 0 atom stereocenters. The standard InChI is InChI=1S/C25H28Cl3N3O3/c1-16(2)12-13-30(25(32)18-10-11-19(33-3)22(34-4)21(18)26)15-20-29-23(27)24(28)31(20)14-17-8-6-5-7-9-17/h5-11,16H,12-15H2,1-4H3. The summed E-state index contributed by atoms with van der Waals surface area (Å²) in [4.78, 5) is 19.8. The number of carbonyl (C=O) groups excluding carboxylic acids is 1. The van der Waals surface area contributed by atoms with E-state index in [4.69, 9.17) is 44.3 Å². The zero-order chi connectivity index (χ0) is 24.8. The van der Waals surface area contributed by atoms with Crippen molar-refractivity contribution in [1.82, 2.24) is 14.5 Å². The van der Waals surface area contributed by atoms with Gasteiger partial charge in [0.2, 0.25) is 0 Å². The van der Waals surface area contributed by atoms with Crippen molar-refractivity contribution in [2.75, 3.05) is 20.8 Å². The van der Waals surface area contributed by atoms with Gasteiger partial charge in [-0.3, -0.25) is 4.79 Å². The van der Waals surface area contributed by atoms with Crippen LogP contribution in [0.1, 0.15) is 42.0 Å². The highest BCUT2D eigenvalue weighted by Gasteiger charge is 2.25. The van der Waals surface area contributed by atoms with Crippen molar-refractivity contribution < 1.29 is 14.3 Å². The number of benzene rings is 2. The van der Waals surface area contributed by atoms with Gasteiger partial charge in [0.1, 0.15) is 11.0 Å². The van der Waals surface area contributed by atoms with Gasteiger partial charge in [0.25, 0.3) is 5.91 Å². The maximum atomic E-state index is 13.7. The predicted molar refractivity (Wildman–Crippen MR) is 137 cm³/mol. The van der Waals surface area contributed by atoms with Gasteiger partial charge in [-0.15, -0.1) is 0 Å². The summed E-state index contributed by atoms with van der Waals surface area (Å²) in [6.07, 6.45) is 0.803. The van der Waals surface area contributed by atoms with Crippen LogP contribution in [-0.4, -0.2) is 41.1 Å². The molecular formula is C25H28Cl3N3O3. The fourth-order valence-electron chi connectivity index (χ4n) is 3.55. The molecule has 0 spiro atoms. The molecule has 1 heterocycles. The smallest absolute Gasteiger partial charge is 0.255 e. The topological polar surface area (TPSA) is 56.6 Å². The summed E-state index contributed by atoms with van der Waals surface area (Å²) in [5.41, 5.74) is 1.36. The zero-order valence-electron chi connectivity index (χ0n) is 19.6. The minimum absolute atomic E-state index is 0.199. The maximum absolute atomic E-state index is 13.7. The highest BCUT2D eigenvalue weighted by molar-refractivity contribution is 6.40. The highest BCUT2D eigenvalue weighted by atomic mass is 35.5. The van der Waals surface area contributed by atoms with E-state index in [-0.39, 0.29) is 22.6 Å². The van der Waals surface area contributed by atoms with Crippen molar-refractivity contribution in [3.8, 4) is 11.5 Å². The van der Waals surface area contributed by atoms with E-state index in [1.807, 2.05) is 34.9 Å². The minimum atomic E-state index is -0.242. The molecule has 0 saturated heterocycles. The number of hydrogen-bond donors (Lipinski definition) is 0. The summed E-state index contributed by atoms with van der Waals surface area (Å²) in [6.45, 7) is 5.43. The molecule has 6 nitrogen and oxygen atoms in total. The molecule has 0 radical (unpaired) electrons. The number of nitrogens with zero attached hydrogens (tertiary/aromatic N) is 3. The summed E-state index contributed by atoms with van der Waals surface area (Å²) in [5, 5.41) is 0.735. The van der Waals surface area contributed by atoms with Crippen molar-refractivity contribution in [1.29, 1.82) is 0 Å². The van der Waals surface area contributed by atoms with Crippen molar-refractivity contribution in [2.24, 2.45) is 5.92 Å². The molecule has 3 rings (SSSR count). The molecule has 0 fully saturated rings. The molecule has 3 aromatic rings. The summed E-state index contributed by atoms with van der Waals surface area (Å²) in [7, 11) is 3.00. The van der Waals surface area contributed by atoms with Gasteiger partial charge in [-0.1, -0.05) is 79.0 Å². The Morgan fingerprint density at radius 2 is 1.76 bits per heavy atom. The predicted octanol–water partition coefficient (Wildman–Crippen LogP) is 6.60. The third-order valence-electron chi connectivity index (χ3n) is 5.44. The molecule has 1 amide bonds. The normalized spacial score (nSPS) is 11.1. The Bertz CT molecular complexity index is 1130. The lowest BCUT2D eigenvalue weighted by molar-refractivity contribution is 0.0729. The van der Waals surface area contributed by atoms with Crippen LogP contribution in [0, 0.1) is 5.92 Å². The second kappa shape index (κ2) is 11.8. The lowest BCUT2D eigenvalue weighted by Gasteiger charge is -2.25. The van der Waals surface area contributed by atoms with Crippen molar-refractivity contribution in [3.05, 3.63) is 74.7 Å². The lowest BCUT2D eigenvalue weighted by atomic mass is 10.1. The van der Waals surface area contributed by atoms with Gasteiger partial charge in [0.15, 0.2) is 16.7 Å². The first kappa shape index (κ1) is 26.2. The first-order valence-electron chi connectivity index (χ1n) is 10.9. The number of ether oxygens (including phenoxy) is 2. The molecule has 9 heteroatoms. The molecule has 0 aliphatic rings. The van der Waals surface area contributed by atoms with E-state index in [2.05, 4.69) is 18.8 Å². The summed E-state index contributed by atoms with van der Waals surface area (Å²) < 4.78 is 12.5. The van der Waals surface area contributed by atoms with Crippen LogP contribution < -0.4 is 9.47 Å². The first-order chi connectivity index (χ1) is 16.3. The number of halogens is 3. The fraction of sp³-hybridized carbons (Fsp3) is 0.360. The van der Waals surface area contributed by atoms with Gasteiger partial charge < -0.3 is 18.9 Å². The van der Waals surface area contributed by atoms with Crippen LogP contribution in [0.2, 0.25) is 15.3 Å². The second-order valence-electron chi connectivity index (χ2n) is 8.25. The molecule has 34 heavy (non-hydrogen) atoms. The Balaban J connectivity index is 1.97. The molecule has 2 aromatic carbocycles. The van der Waals surface area contributed by atoms with Crippen LogP contribution in [-0.2, 0) is 13.1 Å². The number of rotatable bonds is 10. The third-order valence-corrected chi connectivity index (χ3v) is 6.56. The van der Waals surface area contributed by atoms with E-state index in [0.717, 1.165) is 12.0 Å². The monoisotopic (exact) mass is 523 g/mol. The quantitative estimate of drug-likeness (QED) is 0.300. The van der Waals surface area contributed by atoms with Gasteiger partial charge in [0.05, 0.1) is 37.9 Å². The largest absolute Gasteiger partial charge is 0.493 e. The average Bonchev–Trinajstić information content (AvgIpc) is 3.08. The Morgan fingerprint density at radius 1 is 1.06 bits per heavy atom. The third kappa shape index (κ3) is 5.98. The summed E-state index contributed by atoms with van der Waals surface area (Å²) >= 11 is 19.3. The SMILES string of the molecule is COc1ccc(C(=O)N(CCC(C)C)Cc2nc(Cl)c(Cl)n2Cc2ccccc2)c(Cl)c1OC. The van der Waals surface area contributed by atoms with Crippen LogP contribution in [0.5, 0.6) is 11.5 Å². The van der Waals surface area contributed by atoms with Crippen LogP contribution in [0.25, 0.3) is 0 Å². The van der Waals surface area contributed by atoms with Gasteiger partial charge in [-0.2, -0.15) is 0 Å².